The monoisotopic (exact) mass is 448 g/mol. The number of methoxy groups -OCH3 is 1. The molecule has 0 aliphatic carbocycles. The number of carbonyl (C=O) groups is 1. The predicted octanol–water partition coefficient (Wildman–Crippen LogP) is 6.65. The smallest absolute Gasteiger partial charge is 0.260 e. The summed E-state index contributed by atoms with van der Waals surface area (Å²) in [5, 5.41) is 1.17. The highest BCUT2D eigenvalue weighted by molar-refractivity contribution is 7.99. The number of hydrogen-bond donors (Lipinski definition) is 0. The predicted molar refractivity (Wildman–Crippen MR) is 131 cm³/mol. The van der Waals surface area contributed by atoms with Crippen molar-refractivity contribution in [2.45, 2.75) is 30.5 Å². The maximum Gasteiger partial charge on any atom is 0.260 e. The summed E-state index contributed by atoms with van der Waals surface area (Å²) in [6, 6.07) is 23.6. The molecule has 0 bridgehead atoms. The average molecular weight is 449 g/mol. The molecule has 0 saturated carbocycles. The van der Waals surface area contributed by atoms with E-state index in [1.165, 1.54) is 11.3 Å². The van der Waals surface area contributed by atoms with E-state index < -0.39 is 0 Å². The molecule has 0 fully saturated rings. The minimum absolute atomic E-state index is 0.0593. The van der Waals surface area contributed by atoms with E-state index in [2.05, 4.69) is 13.8 Å². The molecule has 0 aliphatic rings. The molecule has 0 aliphatic heterocycles. The van der Waals surface area contributed by atoms with Gasteiger partial charge in [0, 0.05) is 21.8 Å². The molecule has 4 rings (SSSR count). The maximum absolute atomic E-state index is 13.5. The Hall–Kier alpha value is -2.83. The zero-order valence-corrected chi connectivity index (χ0v) is 19.4. The van der Waals surface area contributed by atoms with Crippen molar-refractivity contribution in [3.05, 3.63) is 83.9 Å². The molecule has 1 amide bonds. The largest absolute Gasteiger partial charge is 0.497 e. The summed E-state index contributed by atoms with van der Waals surface area (Å²) in [6.45, 7) is 4.78. The number of rotatable bonds is 7. The van der Waals surface area contributed by atoms with Gasteiger partial charge in [0.15, 0.2) is 5.13 Å². The van der Waals surface area contributed by atoms with Crippen LogP contribution in [-0.4, -0.2) is 23.3 Å². The van der Waals surface area contributed by atoms with Gasteiger partial charge in [0.1, 0.15) is 5.75 Å². The zero-order chi connectivity index (χ0) is 21.8. The van der Waals surface area contributed by atoms with Gasteiger partial charge in [-0.3, -0.25) is 9.69 Å². The minimum atomic E-state index is -0.0593. The molecule has 158 valence electrons. The van der Waals surface area contributed by atoms with Gasteiger partial charge in [0.2, 0.25) is 0 Å². The van der Waals surface area contributed by atoms with E-state index in [1.54, 1.807) is 23.8 Å². The minimum Gasteiger partial charge on any atom is -0.497 e. The fraction of sp³-hybridized carbons (Fsp3) is 0.200. The molecule has 0 saturated heterocycles. The highest BCUT2D eigenvalue weighted by Gasteiger charge is 2.22. The van der Waals surface area contributed by atoms with Crippen molar-refractivity contribution < 1.29 is 9.53 Å². The molecule has 0 radical (unpaired) electrons. The van der Waals surface area contributed by atoms with Gasteiger partial charge in [-0.2, -0.15) is 0 Å². The Kier molecular flexibility index (Phi) is 6.59. The maximum atomic E-state index is 13.5. The van der Waals surface area contributed by atoms with Crippen molar-refractivity contribution in [2.24, 2.45) is 0 Å². The topological polar surface area (TPSA) is 42.4 Å². The number of benzene rings is 3. The van der Waals surface area contributed by atoms with Gasteiger partial charge in [0.05, 0.1) is 23.9 Å². The van der Waals surface area contributed by atoms with Crippen LogP contribution in [0.5, 0.6) is 5.75 Å². The van der Waals surface area contributed by atoms with Crippen LogP contribution in [0.2, 0.25) is 0 Å². The van der Waals surface area contributed by atoms with E-state index >= 15 is 0 Å². The number of anilines is 1. The second kappa shape index (κ2) is 9.54. The first-order valence-electron chi connectivity index (χ1n) is 10.1. The van der Waals surface area contributed by atoms with Crippen molar-refractivity contribution in [3.8, 4) is 5.75 Å². The number of thiazole rings is 1. The van der Waals surface area contributed by atoms with Gasteiger partial charge in [-0.15, -0.1) is 11.8 Å². The number of hydrogen-bond acceptors (Lipinski definition) is 5. The fourth-order valence-electron chi connectivity index (χ4n) is 3.23. The lowest BCUT2D eigenvalue weighted by atomic mass is 10.1. The van der Waals surface area contributed by atoms with Gasteiger partial charge >= 0.3 is 0 Å². The first-order chi connectivity index (χ1) is 15.0. The van der Waals surface area contributed by atoms with E-state index in [1.807, 2.05) is 72.8 Å². The Labute approximate surface area is 190 Å². The lowest BCUT2D eigenvalue weighted by molar-refractivity contribution is 0.0985. The molecule has 31 heavy (non-hydrogen) atoms. The molecule has 0 spiro atoms. The molecule has 0 N–H and O–H groups in total. The quantitative estimate of drug-likeness (QED) is 0.297. The van der Waals surface area contributed by atoms with E-state index in [4.69, 9.17) is 9.72 Å². The fourth-order valence-corrected chi connectivity index (χ4v) is 5.01. The van der Waals surface area contributed by atoms with Crippen molar-refractivity contribution >= 4 is 44.4 Å². The van der Waals surface area contributed by atoms with Crippen molar-refractivity contribution in [1.29, 1.82) is 0 Å². The highest BCUT2D eigenvalue weighted by atomic mass is 32.2. The van der Waals surface area contributed by atoms with Crippen LogP contribution in [0.1, 0.15) is 29.8 Å². The molecule has 4 aromatic rings. The van der Waals surface area contributed by atoms with Crippen LogP contribution in [0.15, 0.2) is 77.7 Å². The molecule has 4 nitrogen and oxygen atoms in total. The van der Waals surface area contributed by atoms with Crippen LogP contribution in [-0.2, 0) is 6.54 Å². The lowest BCUT2D eigenvalue weighted by Crippen LogP contribution is -2.30. The third kappa shape index (κ3) is 5.09. The van der Waals surface area contributed by atoms with Gasteiger partial charge in [-0.05, 0) is 42.0 Å². The molecule has 1 heterocycles. The Morgan fingerprint density at radius 1 is 1.06 bits per heavy atom. The lowest BCUT2D eigenvalue weighted by Gasteiger charge is -2.20. The summed E-state index contributed by atoms with van der Waals surface area (Å²) in [7, 11) is 1.64. The van der Waals surface area contributed by atoms with Crippen LogP contribution in [0.3, 0.4) is 0 Å². The van der Waals surface area contributed by atoms with Gasteiger partial charge < -0.3 is 4.74 Å². The molecular formula is C25H24N2O2S2. The van der Waals surface area contributed by atoms with Crippen LogP contribution in [0, 0.1) is 0 Å². The summed E-state index contributed by atoms with van der Waals surface area (Å²) in [5.74, 6) is 0.694. The summed E-state index contributed by atoms with van der Waals surface area (Å²) in [5.41, 5.74) is 2.54. The summed E-state index contributed by atoms with van der Waals surface area (Å²) in [4.78, 5) is 21.2. The number of nitrogens with zero attached hydrogens (tertiary/aromatic N) is 2. The second-order valence-electron chi connectivity index (χ2n) is 7.40. The van der Waals surface area contributed by atoms with Crippen molar-refractivity contribution in [1.82, 2.24) is 4.98 Å². The second-order valence-corrected chi connectivity index (χ2v) is 10.1. The molecule has 0 atom stereocenters. The Morgan fingerprint density at radius 3 is 2.48 bits per heavy atom. The Balaban J connectivity index is 1.69. The average Bonchev–Trinajstić information content (AvgIpc) is 3.20. The number of amides is 1. The van der Waals surface area contributed by atoms with Crippen molar-refractivity contribution in [3.63, 3.8) is 0 Å². The third-order valence-corrected chi connectivity index (χ3v) is 6.79. The Bertz CT molecular complexity index is 1170. The van der Waals surface area contributed by atoms with Crippen LogP contribution < -0.4 is 9.64 Å². The van der Waals surface area contributed by atoms with E-state index in [0.717, 1.165) is 26.4 Å². The third-order valence-electron chi connectivity index (χ3n) is 4.72. The number of carbonyl (C=O) groups excluding carboxylic acids is 1. The first-order valence-corrected chi connectivity index (χ1v) is 11.8. The molecule has 6 heteroatoms. The standard InChI is InChI=1S/C25H24N2O2S2/c1-17(2)30-21-12-9-19(10-13-21)24(28)27(16-18-7-5-4-6-8-18)25-26-22-15-20(29-3)11-14-23(22)31-25/h4-15,17H,16H2,1-3H3. The van der Waals surface area contributed by atoms with Gasteiger partial charge in [-0.1, -0.05) is 55.5 Å². The van der Waals surface area contributed by atoms with E-state index in [0.29, 0.717) is 22.5 Å². The summed E-state index contributed by atoms with van der Waals surface area (Å²) >= 11 is 3.30. The normalized spacial score (nSPS) is 11.1. The molecule has 3 aromatic carbocycles. The Morgan fingerprint density at radius 2 is 1.81 bits per heavy atom. The molecular weight excluding hydrogens is 424 g/mol. The summed E-state index contributed by atoms with van der Waals surface area (Å²) < 4.78 is 6.34. The van der Waals surface area contributed by atoms with E-state index in [9.17, 15) is 4.79 Å². The van der Waals surface area contributed by atoms with Crippen LogP contribution in [0.4, 0.5) is 5.13 Å². The number of ether oxygens (including phenoxy) is 1. The number of thioether (sulfide) groups is 1. The van der Waals surface area contributed by atoms with Gasteiger partial charge in [-0.25, -0.2) is 4.98 Å². The molecule has 0 unspecified atom stereocenters. The number of fused-ring (bicyclic) bond motifs is 1. The SMILES string of the molecule is COc1ccc2sc(N(Cc3ccccc3)C(=O)c3ccc(SC(C)C)cc3)nc2c1. The zero-order valence-electron chi connectivity index (χ0n) is 17.7. The first kappa shape index (κ1) is 21.4. The van der Waals surface area contributed by atoms with Crippen molar-refractivity contribution in [2.75, 3.05) is 12.0 Å². The van der Waals surface area contributed by atoms with Crippen LogP contribution in [0.25, 0.3) is 10.2 Å². The van der Waals surface area contributed by atoms with Crippen LogP contribution >= 0.6 is 23.1 Å². The molecule has 1 aromatic heterocycles. The summed E-state index contributed by atoms with van der Waals surface area (Å²) in [6.07, 6.45) is 0. The number of aromatic nitrogens is 1. The highest BCUT2D eigenvalue weighted by Crippen LogP contribution is 2.33. The van der Waals surface area contributed by atoms with E-state index in [-0.39, 0.29) is 5.91 Å². The van der Waals surface area contributed by atoms with Gasteiger partial charge in [0.25, 0.3) is 5.91 Å².